The zero-order valence-electron chi connectivity index (χ0n) is 15.5. The SMILES string of the molecule is Cc1ccc(Cn2nc(C)c(C(=O)OCC(=O)NCC(C)C)c2Cl)cc1. The molecule has 0 aliphatic carbocycles. The molecular weight excluding hydrogens is 354 g/mol. The first-order chi connectivity index (χ1) is 12.3. The van der Waals surface area contributed by atoms with Crippen LogP contribution in [0.25, 0.3) is 0 Å². The highest BCUT2D eigenvalue weighted by atomic mass is 35.5. The summed E-state index contributed by atoms with van der Waals surface area (Å²) < 4.78 is 6.63. The van der Waals surface area contributed by atoms with Crippen LogP contribution < -0.4 is 5.32 Å². The minimum atomic E-state index is -0.651. The summed E-state index contributed by atoms with van der Waals surface area (Å²) in [6, 6.07) is 7.98. The lowest BCUT2D eigenvalue weighted by atomic mass is 10.1. The van der Waals surface area contributed by atoms with Gasteiger partial charge in [0.05, 0.1) is 12.2 Å². The number of carbonyl (C=O) groups excluding carboxylic acids is 2. The van der Waals surface area contributed by atoms with Gasteiger partial charge in [-0.05, 0) is 25.3 Å². The summed E-state index contributed by atoms with van der Waals surface area (Å²) in [5, 5.41) is 7.21. The molecule has 0 unspecified atom stereocenters. The Balaban J connectivity index is 2.03. The van der Waals surface area contributed by atoms with Gasteiger partial charge in [-0.25, -0.2) is 9.48 Å². The van der Waals surface area contributed by atoms with Crippen LogP contribution in [0.1, 0.15) is 41.0 Å². The van der Waals surface area contributed by atoms with E-state index in [0.717, 1.165) is 11.1 Å². The Kier molecular flexibility index (Phi) is 6.80. The zero-order chi connectivity index (χ0) is 19.3. The molecule has 6 nitrogen and oxygen atoms in total. The van der Waals surface area contributed by atoms with Crippen LogP contribution in [0.15, 0.2) is 24.3 Å². The van der Waals surface area contributed by atoms with Crippen molar-refractivity contribution in [2.45, 2.75) is 34.2 Å². The molecule has 1 N–H and O–H groups in total. The Morgan fingerprint density at radius 3 is 2.50 bits per heavy atom. The highest BCUT2D eigenvalue weighted by Gasteiger charge is 2.22. The minimum absolute atomic E-state index is 0.190. The number of nitrogens with zero attached hydrogens (tertiary/aromatic N) is 2. The molecule has 2 aromatic rings. The van der Waals surface area contributed by atoms with Gasteiger partial charge >= 0.3 is 5.97 Å². The van der Waals surface area contributed by atoms with E-state index >= 15 is 0 Å². The number of halogens is 1. The Morgan fingerprint density at radius 2 is 1.88 bits per heavy atom. The van der Waals surface area contributed by atoms with Crippen LogP contribution in [0.3, 0.4) is 0 Å². The molecule has 1 aromatic carbocycles. The molecule has 0 aliphatic rings. The second kappa shape index (κ2) is 8.85. The predicted molar refractivity (Wildman–Crippen MR) is 100 cm³/mol. The third-order valence-corrected chi connectivity index (χ3v) is 4.15. The molecule has 140 valence electrons. The summed E-state index contributed by atoms with van der Waals surface area (Å²) in [6.07, 6.45) is 0. The van der Waals surface area contributed by atoms with Gasteiger partial charge in [-0.3, -0.25) is 4.79 Å². The van der Waals surface area contributed by atoms with E-state index < -0.39 is 5.97 Å². The van der Waals surface area contributed by atoms with Gasteiger partial charge in [0.25, 0.3) is 5.91 Å². The van der Waals surface area contributed by atoms with Crippen LogP contribution in [0.5, 0.6) is 0 Å². The maximum atomic E-state index is 12.3. The van der Waals surface area contributed by atoms with Gasteiger partial charge in [0.15, 0.2) is 6.61 Å². The van der Waals surface area contributed by atoms with E-state index in [4.69, 9.17) is 16.3 Å². The fourth-order valence-electron chi connectivity index (χ4n) is 2.33. The van der Waals surface area contributed by atoms with E-state index in [0.29, 0.717) is 24.7 Å². The first kappa shape index (κ1) is 20.0. The number of amides is 1. The fourth-order valence-corrected chi connectivity index (χ4v) is 2.64. The summed E-state index contributed by atoms with van der Waals surface area (Å²) in [5.74, 6) is -0.665. The Bertz CT molecular complexity index is 782. The van der Waals surface area contributed by atoms with Crippen molar-refractivity contribution in [3.05, 3.63) is 51.8 Å². The van der Waals surface area contributed by atoms with Gasteiger partial charge in [-0.15, -0.1) is 0 Å². The van der Waals surface area contributed by atoms with E-state index in [9.17, 15) is 9.59 Å². The summed E-state index contributed by atoms with van der Waals surface area (Å²) in [6.45, 7) is 8.31. The lowest BCUT2D eigenvalue weighted by molar-refractivity contribution is -0.124. The average Bonchev–Trinajstić information content (AvgIpc) is 2.86. The number of hydrogen-bond donors (Lipinski definition) is 1. The van der Waals surface area contributed by atoms with Crippen LogP contribution in [0, 0.1) is 19.8 Å². The van der Waals surface area contributed by atoms with Crippen molar-refractivity contribution < 1.29 is 14.3 Å². The number of rotatable bonds is 7. The summed E-state index contributed by atoms with van der Waals surface area (Å²) >= 11 is 6.32. The van der Waals surface area contributed by atoms with Crippen molar-refractivity contribution in [2.24, 2.45) is 5.92 Å². The van der Waals surface area contributed by atoms with Gasteiger partial charge in [0.2, 0.25) is 0 Å². The van der Waals surface area contributed by atoms with Gasteiger partial charge < -0.3 is 10.1 Å². The molecule has 0 aliphatic heterocycles. The van der Waals surface area contributed by atoms with Gasteiger partial charge in [0, 0.05) is 6.54 Å². The van der Waals surface area contributed by atoms with Gasteiger partial charge in [0.1, 0.15) is 10.7 Å². The lowest BCUT2D eigenvalue weighted by Crippen LogP contribution is -2.31. The van der Waals surface area contributed by atoms with Gasteiger partial charge in [-0.1, -0.05) is 55.3 Å². The molecule has 0 saturated carbocycles. The highest BCUT2D eigenvalue weighted by molar-refractivity contribution is 6.32. The smallest absolute Gasteiger partial charge is 0.343 e. The topological polar surface area (TPSA) is 73.2 Å². The van der Waals surface area contributed by atoms with Crippen molar-refractivity contribution >= 4 is 23.5 Å². The number of benzene rings is 1. The maximum absolute atomic E-state index is 12.3. The largest absolute Gasteiger partial charge is 0.452 e. The second-order valence-electron chi connectivity index (χ2n) is 6.67. The number of hydrogen-bond acceptors (Lipinski definition) is 4. The monoisotopic (exact) mass is 377 g/mol. The number of aromatic nitrogens is 2. The van der Waals surface area contributed by atoms with E-state index in [-0.39, 0.29) is 23.2 Å². The van der Waals surface area contributed by atoms with Crippen LogP contribution >= 0.6 is 11.6 Å². The molecule has 1 aromatic heterocycles. The first-order valence-electron chi connectivity index (χ1n) is 8.50. The fraction of sp³-hybridized carbons (Fsp3) is 0.421. The Morgan fingerprint density at radius 1 is 1.23 bits per heavy atom. The number of aryl methyl sites for hydroxylation is 2. The lowest BCUT2D eigenvalue weighted by Gasteiger charge is -2.08. The molecule has 0 atom stereocenters. The van der Waals surface area contributed by atoms with Crippen LogP contribution in [-0.4, -0.2) is 34.8 Å². The number of nitrogens with one attached hydrogen (secondary N) is 1. The van der Waals surface area contributed by atoms with Crippen molar-refractivity contribution in [3.8, 4) is 0 Å². The third kappa shape index (κ3) is 5.33. The molecule has 0 fully saturated rings. The van der Waals surface area contributed by atoms with E-state index in [1.54, 1.807) is 11.6 Å². The molecule has 7 heteroatoms. The van der Waals surface area contributed by atoms with E-state index in [2.05, 4.69) is 10.4 Å². The molecule has 0 bridgehead atoms. The van der Waals surface area contributed by atoms with Crippen molar-refractivity contribution in [1.82, 2.24) is 15.1 Å². The Hall–Kier alpha value is -2.34. The number of carbonyl (C=O) groups is 2. The minimum Gasteiger partial charge on any atom is -0.452 e. The van der Waals surface area contributed by atoms with Crippen LogP contribution in [0.4, 0.5) is 0 Å². The molecule has 2 rings (SSSR count). The highest BCUT2D eigenvalue weighted by Crippen LogP contribution is 2.22. The van der Waals surface area contributed by atoms with Crippen molar-refractivity contribution in [1.29, 1.82) is 0 Å². The van der Waals surface area contributed by atoms with Gasteiger partial charge in [-0.2, -0.15) is 5.10 Å². The summed E-state index contributed by atoms with van der Waals surface area (Å²) in [7, 11) is 0. The predicted octanol–water partition coefficient (Wildman–Crippen LogP) is 3.13. The molecule has 26 heavy (non-hydrogen) atoms. The summed E-state index contributed by atoms with van der Waals surface area (Å²) in [4.78, 5) is 24.0. The van der Waals surface area contributed by atoms with Crippen molar-refractivity contribution in [2.75, 3.05) is 13.2 Å². The van der Waals surface area contributed by atoms with Crippen LogP contribution in [-0.2, 0) is 16.1 Å². The molecular formula is C19H24ClN3O3. The maximum Gasteiger partial charge on any atom is 0.343 e. The zero-order valence-corrected chi connectivity index (χ0v) is 16.3. The molecule has 0 radical (unpaired) electrons. The normalized spacial score (nSPS) is 10.8. The second-order valence-corrected chi connectivity index (χ2v) is 7.03. The number of esters is 1. The first-order valence-corrected chi connectivity index (χ1v) is 8.88. The average molecular weight is 378 g/mol. The van der Waals surface area contributed by atoms with Crippen molar-refractivity contribution in [3.63, 3.8) is 0 Å². The molecule has 1 heterocycles. The van der Waals surface area contributed by atoms with E-state index in [1.807, 2.05) is 45.0 Å². The third-order valence-electron chi connectivity index (χ3n) is 3.76. The molecule has 1 amide bonds. The summed E-state index contributed by atoms with van der Waals surface area (Å²) in [5.41, 5.74) is 2.84. The molecule has 0 spiro atoms. The Labute approximate surface area is 158 Å². The standard InChI is InChI=1S/C19H24ClN3O3/c1-12(2)9-21-16(24)11-26-19(25)17-14(4)22-23(18(17)20)10-15-7-5-13(3)6-8-15/h5-8,12H,9-11H2,1-4H3,(H,21,24). The number of ether oxygens (including phenoxy) is 1. The molecule has 0 saturated heterocycles. The van der Waals surface area contributed by atoms with E-state index in [1.165, 1.54) is 0 Å². The van der Waals surface area contributed by atoms with Crippen LogP contribution in [0.2, 0.25) is 5.15 Å². The quantitative estimate of drug-likeness (QED) is 0.752.